The molecular formula is C28H22N2O2S. The van der Waals surface area contributed by atoms with Gasteiger partial charge in [0.05, 0.1) is 21.4 Å². The number of para-hydroxylation sites is 1. The molecule has 0 saturated heterocycles. The number of pyridine rings is 1. The summed E-state index contributed by atoms with van der Waals surface area (Å²) in [6, 6.07) is 27.0. The van der Waals surface area contributed by atoms with Gasteiger partial charge in [-0.25, -0.2) is 12.4 Å². The van der Waals surface area contributed by atoms with E-state index in [0.29, 0.717) is 11.0 Å². The molecule has 0 radical (unpaired) electrons. The molecule has 0 atom stereocenters. The van der Waals surface area contributed by atoms with Gasteiger partial charge < -0.3 is 4.40 Å². The highest BCUT2D eigenvalue weighted by atomic mass is 32.2. The smallest absolute Gasteiger partial charge is 0.268 e. The number of hydrogen-bond acceptors (Lipinski definition) is 2. The summed E-state index contributed by atoms with van der Waals surface area (Å²) in [4.78, 5) is 0.285. The third kappa shape index (κ3) is 2.93. The number of hydrogen-bond donors (Lipinski definition) is 0. The summed E-state index contributed by atoms with van der Waals surface area (Å²) < 4.78 is 31.3. The summed E-state index contributed by atoms with van der Waals surface area (Å²) in [5.41, 5.74) is 6.78. The van der Waals surface area contributed by atoms with Crippen molar-refractivity contribution in [2.75, 3.05) is 0 Å². The van der Waals surface area contributed by atoms with Crippen LogP contribution in [0.4, 0.5) is 0 Å². The first-order chi connectivity index (χ1) is 15.9. The zero-order chi connectivity index (χ0) is 22.7. The summed E-state index contributed by atoms with van der Waals surface area (Å²) in [5, 5.41) is 1.82. The van der Waals surface area contributed by atoms with Crippen LogP contribution in [0.25, 0.3) is 38.4 Å². The Morgan fingerprint density at radius 1 is 0.667 bits per heavy atom. The van der Waals surface area contributed by atoms with Gasteiger partial charge in [-0.15, -0.1) is 0 Å². The maximum absolute atomic E-state index is 13.8. The molecule has 6 rings (SSSR count). The van der Waals surface area contributed by atoms with Gasteiger partial charge >= 0.3 is 0 Å². The number of aromatic nitrogens is 2. The highest BCUT2D eigenvalue weighted by Crippen LogP contribution is 2.36. The molecule has 3 aromatic heterocycles. The van der Waals surface area contributed by atoms with Crippen LogP contribution in [0.5, 0.6) is 0 Å². The first-order valence-corrected chi connectivity index (χ1v) is 12.3. The Labute approximate surface area is 192 Å². The molecule has 0 unspecified atom stereocenters. The van der Waals surface area contributed by atoms with Gasteiger partial charge in [0.25, 0.3) is 10.0 Å². The first kappa shape index (κ1) is 19.8. The van der Waals surface area contributed by atoms with Gasteiger partial charge in [0.15, 0.2) is 0 Å². The summed E-state index contributed by atoms with van der Waals surface area (Å²) in [7, 11) is -3.79. The van der Waals surface area contributed by atoms with Gasteiger partial charge in [-0.3, -0.25) is 0 Å². The van der Waals surface area contributed by atoms with Gasteiger partial charge in [0.1, 0.15) is 0 Å². The number of rotatable bonds is 3. The lowest BCUT2D eigenvalue weighted by molar-refractivity contribution is 0.590. The zero-order valence-corrected chi connectivity index (χ0v) is 19.2. The van der Waals surface area contributed by atoms with E-state index in [0.717, 1.165) is 38.5 Å². The Morgan fingerprint density at radius 3 is 2.12 bits per heavy atom. The molecule has 5 heteroatoms. The van der Waals surface area contributed by atoms with Crippen molar-refractivity contribution in [3.8, 4) is 11.1 Å². The summed E-state index contributed by atoms with van der Waals surface area (Å²) in [6.45, 7) is 4.04. The molecule has 33 heavy (non-hydrogen) atoms. The second-order valence-electron chi connectivity index (χ2n) is 8.50. The molecule has 4 nitrogen and oxygen atoms in total. The topological polar surface area (TPSA) is 43.5 Å². The molecule has 0 aliphatic carbocycles. The number of nitrogens with zero attached hydrogens (tertiary/aromatic N) is 2. The van der Waals surface area contributed by atoms with Crippen LogP contribution in [0.15, 0.2) is 102 Å². The van der Waals surface area contributed by atoms with Crippen molar-refractivity contribution in [2.45, 2.75) is 18.7 Å². The first-order valence-electron chi connectivity index (χ1n) is 10.9. The van der Waals surface area contributed by atoms with Crippen LogP contribution in [0.2, 0.25) is 0 Å². The predicted molar refractivity (Wildman–Crippen MR) is 134 cm³/mol. The van der Waals surface area contributed by atoms with E-state index in [1.807, 2.05) is 73.8 Å². The summed E-state index contributed by atoms with van der Waals surface area (Å²) in [5.74, 6) is 0. The van der Waals surface area contributed by atoms with E-state index < -0.39 is 10.0 Å². The third-order valence-corrected chi connectivity index (χ3v) is 8.17. The monoisotopic (exact) mass is 450 g/mol. The lowest BCUT2D eigenvalue weighted by Crippen LogP contribution is -2.12. The SMILES string of the molecule is Cc1ccc(S(=O)(=O)n2c3ccccc3c3cn4cc(-c5ccccc5)c(C)c4cc32)cc1. The van der Waals surface area contributed by atoms with Crippen LogP contribution in [-0.2, 0) is 10.0 Å². The molecule has 0 saturated carbocycles. The number of fused-ring (bicyclic) bond motifs is 4. The molecule has 3 heterocycles. The van der Waals surface area contributed by atoms with Gasteiger partial charge in [-0.05, 0) is 49.2 Å². The molecule has 162 valence electrons. The molecule has 6 aromatic rings. The average Bonchev–Trinajstić information content (AvgIpc) is 3.33. The van der Waals surface area contributed by atoms with Crippen molar-refractivity contribution in [1.29, 1.82) is 0 Å². The quantitative estimate of drug-likeness (QED) is 0.306. The normalized spacial score (nSPS) is 12.2. The summed E-state index contributed by atoms with van der Waals surface area (Å²) >= 11 is 0. The lowest BCUT2D eigenvalue weighted by Gasteiger charge is -2.10. The largest absolute Gasteiger partial charge is 0.322 e. The molecule has 0 bridgehead atoms. The molecule has 3 aromatic carbocycles. The van der Waals surface area contributed by atoms with Crippen molar-refractivity contribution in [3.63, 3.8) is 0 Å². The van der Waals surface area contributed by atoms with Crippen molar-refractivity contribution in [1.82, 2.24) is 8.37 Å². The van der Waals surface area contributed by atoms with Crippen LogP contribution in [-0.4, -0.2) is 16.8 Å². The lowest BCUT2D eigenvalue weighted by atomic mass is 10.0. The number of aryl methyl sites for hydroxylation is 2. The van der Waals surface area contributed by atoms with E-state index in [1.54, 1.807) is 12.1 Å². The Morgan fingerprint density at radius 2 is 1.36 bits per heavy atom. The van der Waals surface area contributed by atoms with Crippen molar-refractivity contribution >= 4 is 37.3 Å². The molecular weight excluding hydrogens is 428 g/mol. The highest BCUT2D eigenvalue weighted by Gasteiger charge is 2.24. The van der Waals surface area contributed by atoms with E-state index in [2.05, 4.69) is 29.7 Å². The van der Waals surface area contributed by atoms with E-state index in [1.165, 1.54) is 3.97 Å². The van der Waals surface area contributed by atoms with E-state index in [9.17, 15) is 8.42 Å². The van der Waals surface area contributed by atoms with Gasteiger partial charge in [0, 0.05) is 28.7 Å². The maximum Gasteiger partial charge on any atom is 0.268 e. The second-order valence-corrected chi connectivity index (χ2v) is 10.3. The van der Waals surface area contributed by atoms with Crippen LogP contribution in [0.1, 0.15) is 11.1 Å². The van der Waals surface area contributed by atoms with Gasteiger partial charge in [0.2, 0.25) is 0 Å². The molecule has 0 N–H and O–H groups in total. The van der Waals surface area contributed by atoms with Crippen LogP contribution < -0.4 is 0 Å². The van der Waals surface area contributed by atoms with Gasteiger partial charge in [-0.2, -0.15) is 0 Å². The molecule has 0 spiro atoms. The van der Waals surface area contributed by atoms with Crippen LogP contribution >= 0.6 is 0 Å². The Hall–Kier alpha value is -3.83. The second kappa shape index (κ2) is 7.09. The Balaban J connectivity index is 1.70. The molecule has 0 aliphatic heterocycles. The standard InChI is InChI=1S/C28H22N2O2S/c1-19-12-14-22(15-13-19)33(31,32)30-26-11-7-6-10-23(26)25-18-29-17-24(21-8-4-3-5-9-21)20(2)27(29)16-28(25)30/h3-18H,1-2H3. The van der Waals surface area contributed by atoms with Gasteiger partial charge in [-0.1, -0.05) is 66.2 Å². The van der Waals surface area contributed by atoms with Crippen LogP contribution in [0, 0.1) is 13.8 Å². The fourth-order valence-corrected chi connectivity index (χ4v) is 6.23. The van der Waals surface area contributed by atoms with Crippen molar-refractivity contribution in [3.05, 3.63) is 108 Å². The Bertz CT molecular complexity index is 1780. The third-order valence-electron chi connectivity index (χ3n) is 6.43. The maximum atomic E-state index is 13.8. The van der Waals surface area contributed by atoms with E-state index in [-0.39, 0.29) is 4.90 Å². The summed E-state index contributed by atoms with van der Waals surface area (Å²) in [6.07, 6.45) is 4.17. The van der Waals surface area contributed by atoms with E-state index >= 15 is 0 Å². The fourth-order valence-electron chi connectivity index (χ4n) is 4.71. The molecule has 0 amide bonds. The minimum absolute atomic E-state index is 0.285. The van der Waals surface area contributed by atoms with Crippen molar-refractivity contribution in [2.24, 2.45) is 0 Å². The van der Waals surface area contributed by atoms with Crippen molar-refractivity contribution < 1.29 is 8.42 Å². The fraction of sp³-hybridized carbons (Fsp3) is 0.0714. The minimum Gasteiger partial charge on any atom is -0.322 e. The Kier molecular flexibility index (Phi) is 4.26. The highest BCUT2D eigenvalue weighted by molar-refractivity contribution is 7.90. The minimum atomic E-state index is -3.79. The molecule has 0 fully saturated rings. The zero-order valence-electron chi connectivity index (χ0n) is 18.4. The van der Waals surface area contributed by atoms with E-state index in [4.69, 9.17) is 0 Å². The average molecular weight is 451 g/mol. The number of benzene rings is 3. The van der Waals surface area contributed by atoms with Crippen LogP contribution in [0.3, 0.4) is 0 Å². The molecule has 0 aliphatic rings. The predicted octanol–water partition coefficient (Wildman–Crippen LogP) is 6.57.